The Kier molecular flexibility index (Phi) is 4.70. The topological polar surface area (TPSA) is 59.0 Å². The molecule has 2 amide bonds. The van der Waals surface area contributed by atoms with Crippen LogP contribution in [0.5, 0.6) is 0 Å². The van der Waals surface area contributed by atoms with Crippen molar-refractivity contribution in [1.82, 2.24) is 20.2 Å². The fourth-order valence-corrected chi connectivity index (χ4v) is 2.31. The number of nitrogens with zero attached hydrogens (tertiary/aromatic N) is 2. The minimum Gasteiger partial charge on any atom is -0.338 e. The Morgan fingerprint density at radius 3 is 2.89 bits per heavy atom. The van der Waals surface area contributed by atoms with E-state index >= 15 is 0 Å². The van der Waals surface area contributed by atoms with E-state index in [-0.39, 0.29) is 24.3 Å². The number of aromatic nitrogens is 2. The molecule has 7 heteroatoms. The van der Waals surface area contributed by atoms with Gasteiger partial charge in [0.05, 0.1) is 0 Å². The van der Waals surface area contributed by atoms with Crippen molar-refractivity contribution in [2.75, 3.05) is 6.54 Å². The van der Waals surface area contributed by atoms with Gasteiger partial charge in [-0.15, -0.1) is 0 Å². The van der Waals surface area contributed by atoms with Gasteiger partial charge in [0.15, 0.2) is 0 Å². The van der Waals surface area contributed by atoms with Crippen LogP contribution in [0, 0.1) is 0 Å². The van der Waals surface area contributed by atoms with Crippen molar-refractivity contribution in [3.05, 3.63) is 18.2 Å². The first-order valence-electron chi connectivity index (χ1n) is 6.51. The van der Waals surface area contributed by atoms with Crippen LogP contribution in [0.2, 0.25) is 0 Å². The minimum atomic E-state index is -2.59. The Labute approximate surface area is 110 Å². The molecular formula is C12H18F2N4O. The Balaban J connectivity index is 1.70. The third-order valence-corrected chi connectivity index (χ3v) is 3.28. The van der Waals surface area contributed by atoms with Gasteiger partial charge in [-0.3, -0.25) is 4.57 Å². The summed E-state index contributed by atoms with van der Waals surface area (Å²) >= 11 is 0. The molecule has 1 aromatic rings. The second kappa shape index (κ2) is 6.49. The molecule has 1 heterocycles. The predicted octanol–water partition coefficient (Wildman–Crippen LogP) is 2.06. The lowest BCUT2D eigenvalue weighted by molar-refractivity contribution is 0.0670. The SMILES string of the molecule is O=C(NCCc1nccn1C(F)F)NC1CCCC1. The van der Waals surface area contributed by atoms with Crippen molar-refractivity contribution in [1.29, 1.82) is 0 Å². The maximum Gasteiger partial charge on any atom is 0.319 e. The van der Waals surface area contributed by atoms with Crippen LogP contribution < -0.4 is 10.6 Å². The highest BCUT2D eigenvalue weighted by Crippen LogP contribution is 2.17. The van der Waals surface area contributed by atoms with Gasteiger partial charge in [0.1, 0.15) is 5.82 Å². The average Bonchev–Trinajstić information content (AvgIpc) is 2.99. The second-order valence-electron chi connectivity index (χ2n) is 4.66. The van der Waals surface area contributed by atoms with Crippen LogP contribution in [0.4, 0.5) is 13.6 Å². The summed E-state index contributed by atoms with van der Waals surface area (Å²) < 4.78 is 25.9. The van der Waals surface area contributed by atoms with Gasteiger partial charge in [0, 0.05) is 31.4 Å². The normalized spacial score (nSPS) is 15.9. The summed E-state index contributed by atoms with van der Waals surface area (Å²) in [5.41, 5.74) is 0. The zero-order chi connectivity index (χ0) is 13.7. The molecule has 0 spiro atoms. The van der Waals surface area contributed by atoms with E-state index in [1.54, 1.807) is 0 Å². The van der Waals surface area contributed by atoms with Crippen molar-refractivity contribution in [3.8, 4) is 0 Å². The maximum atomic E-state index is 12.5. The maximum absolute atomic E-state index is 12.5. The summed E-state index contributed by atoms with van der Waals surface area (Å²) in [6.45, 7) is -2.30. The molecular weight excluding hydrogens is 254 g/mol. The summed E-state index contributed by atoms with van der Waals surface area (Å²) in [6, 6.07) is 0.0186. The van der Waals surface area contributed by atoms with E-state index < -0.39 is 6.55 Å². The number of hydrogen-bond acceptors (Lipinski definition) is 2. The van der Waals surface area contributed by atoms with E-state index in [9.17, 15) is 13.6 Å². The number of carbonyl (C=O) groups is 1. The number of rotatable bonds is 5. The number of nitrogens with one attached hydrogen (secondary N) is 2. The molecule has 0 unspecified atom stereocenters. The number of urea groups is 1. The third kappa shape index (κ3) is 3.90. The smallest absolute Gasteiger partial charge is 0.319 e. The van der Waals surface area contributed by atoms with Crippen LogP contribution in [0.15, 0.2) is 12.4 Å². The van der Waals surface area contributed by atoms with Crippen LogP contribution in [0.25, 0.3) is 0 Å². The molecule has 0 aromatic carbocycles. The Morgan fingerprint density at radius 2 is 2.21 bits per heavy atom. The highest BCUT2D eigenvalue weighted by molar-refractivity contribution is 5.74. The van der Waals surface area contributed by atoms with Crippen LogP contribution in [-0.2, 0) is 6.42 Å². The summed E-state index contributed by atoms with van der Waals surface area (Å²) in [5, 5.41) is 5.54. The van der Waals surface area contributed by atoms with Crippen molar-refractivity contribution >= 4 is 6.03 Å². The minimum absolute atomic E-state index is 0.234. The van der Waals surface area contributed by atoms with Crippen LogP contribution in [-0.4, -0.2) is 28.2 Å². The Hall–Kier alpha value is -1.66. The molecule has 2 N–H and O–H groups in total. The van der Waals surface area contributed by atoms with E-state index in [1.807, 2.05) is 0 Å². The molecule has 0 bridgehead atoms. The molecule has 2 rings (SSSR count). The highest BCUT2D eigenvalue weighted by atomic mass is 19.3. The standard InChI is InChI=1S/C12H18F2N4O/c13-11(14)18-8-7-15-10(18)5-6-16-12(19)17-9-3-1-2-4-9/h7-9,11H,1-6H2,(H2,16,17,19). The summed E-state index contributed by atoms with van der Waals surface area (Å²) in [6.07, 6.45) is 7.19. The van der Waals surface area contributed by atoms with Crippen molar-refractivity contribution < 1.29 is 13.6 Å². The Morgan fingerprint density at radius 1 is 1.47 bits per heavy atom. The largest absolute Gasteiger partial charge is 0.338 e. The predicted molar refractivity (Wildman–Crippen MR) is 66.0 cm³/mol. The Bertz CT molecular complexity index is 416. The van der Waals surface area contributed by atoms with E-state index in [0.29, 0.717) is 6.54 Å². The first-order valence-corrected chi connectivity index (χ1v) is 6.51. The van der Waals surface area contributed by atoms with Gasteiger partial charge in [0.25, 0.3) is 0 Å². The van der Waals surface area contributed by atoms with Gasteiger partial charge in [-0.05, 0) is 12.8 Å². The van der Waals surface area contributed by atoms with Gasteiger partial charge in [0.2, 0.25) is 0 Å². The van der Waals surface area contributed by atoms with E-state index in [1.165, 1.54) is 12.4 Å². The molecule has 1 aliphatic carbocycles. The van der Waals surface area contributed by atoms with Gasteiger partial charge in [-0.1, -0.05) is 12.8 Å². The average molecular weight is 272 g/mol. The van der Waals surface area contributed by atoms with E-state index in [4.69, 9.17) is 0 Å². The summed E-state index contributed by atoms with van der Waals surface area (Å²) in [4.78, 5) is 15.4. The molecule has 106 valence electrons. The molecule has 0 aliphatic heterocycles. The molecule has 1 fully saturated rings. The third-order valence-electron chi connectivity index (χ3n) is 3.28. The van der Waals surface area contributed by atoms with Crippen molar-refractivity contribution in [2.45, 2.75) is 44.7 Å². The quantitative estimate of drug-likeness (QED) is 0.862. The lowest BCUT2D eigenvalue weighted by atomic mass is 10.2. The van der Waals surface area contributed by atoms with Crippen molar-refractivity contribution in [2.24, 2.45) is 0 Å². The van der Waals surface area contributed by atoms with Crippen molar-refractivity contribution in [3.63, 3.8) is 0 Å². The van der Waals surface area contributed by atoms with E-state index in [0.717, 1.165) is 30.3 Å². The van der Waals surface area contributed by atoms with Crippen LogP contribution in [0.3, 0.4) is 0 Å². The van der Waals surface area contributed by atoms with E-state index in [2.05, 4.69) is 15.6 Å². The number of halogens is 2. The van der Waals surface area contributed by atoms with Crippen LogP contribution in [0.1, 0.15) is 38.1 Å². The van der Waals surface area contributed by atoms with Gasteiger partial charge >= 0.3 is 12.6 Å². The monoisotopic (exact) mass is 272 g/mol. The lowest BCUT2D eigenvalue weighted by Gasteiger charge is -2.13. The fourth-order valence-electron chi connectivity index (χ4n) is 2.31. The molecule has 5 nitrogen and oxygen atoms in total. The highest BCUT2D eigenvalue weighted by Gasteiger charge is 2.17. The van der Waals surface area contributed by atoms with Gasteiger partial charge in [-0.2, -0.15) is 8.78 Å². The van der Waals surface area contributed by atoms with Gasteiger partial charge in [-0.25, -0.2) is 9.78 Å². The lowest BCUT2D eigenvalue weighted by Crippen LogP contribution is -2.41. The molecule has 0 saturated heterocycles. The first-order chi connectivity index (χ1) is 9.16. The van der Waals surface area contributed by atoms with Gasteiger partial charge < -0.3 is 10.6 Å². The van der Waals surface area contributed by atoms with Crippen LogP contribution >= 0.6 is 0 Å². The zero-order valence-corrected chi connectivity index (χ0v) is 10.6. The molecule has 1 aliphatic rings. The number of imidazole rings is 1. The summed E-state index contributed by atoms with van der Waals surface area (Å²) in [5.74, 6) is 0.274. The molecule has 1 saturated carbocycles. The number of hydrogen-bond donors (Lipinski definition) is 2. The number of carbonyl (C=O) groups excluding carboxylic acids is 1. The fraction of sp³-hybridized carbons (Fsp3) is 0.667. The summed E-state index contributed by atoms with van der Waals surface area (Å²) in [7, 11) is 0. The molecule has 1 aromatic heterocycles. The first kappa shape index (κ1) is 13.8. The number of amides is 2. The zero-order valence-electron chi connectivity index (χ0n) is 10.6. The second-order valence-corrected chi connectivity index (χ2v) is 4.66. The molecule has 0 atom stereocenters. The molecule has 0 radical (unpaired) electrons. The molecule has 19 heavy (non-hydrogen) atoms. The number of alkyl halides is 2.